The van der Waals surface area contributed by atoms with E-state index in [1.807, 2.05) is 24.3 Å². The normalized spacial score (nSPS) is 14.6. The van der Waals surface area contributed by atoms with Gasteiger partial charge in [0.05, 0.1) is 24.1 Å². The molecule has 10 nitrogen and oxygen atoms in total. The Kier molecular flexibility index (Phi) is 11.2. The molecule has 1 saturated carbocycles. The minimum absolute atomic E-state index is 0. The Morgan fingerprint density at radius 1 is 0.875 bits per heavy atom. The van der Waals surface area contributed by atoms with Crippen molar-refractivity contribution in [1.82, 2.24) is 10.2 Å². The molecule has 0 aromatic heterocycles. The van der Waals surface area contributed by atoms with E-state index in [0.29, 0.717) is 22.7 Å². The lowest BCUT2D eigenvalue weighted by Crippen LogP contribution is -2.38. The van der Waals surface area contributed by atoms with Gasteiger partial charge in [0.15, 0.2) is 0 Å². The Labute approximate surface area is 275 Å². The molecular weight excluding hydrogens is 629 g/mol. The molecule has 13 heteroatoms. The zero-order valence-corrected chi connectivity index (χ0v) is 25.3. The van der Waals surface area contributed by atoms with Crippen LogP contribution in [0.25, 0.3) is 0 Å². The standard InChI is InChI=1S/C34H33F3N4O6.CH4/c35-34(36,37)20-41-31(45)27-15-12-25(18-28(27)32(41)46)39-33(47)40(26-13-10-23(11-14-26)22-4-2-1-3-5-22)19-21-6-8-24(9-7-21)30(44)38-17-16-29(42)43;/h6-15,18,22H,1-5,16-17,19-20H2,(H,38,44)(H,39,47)(H,42,43);1H4. The number of rotatable bonds is 10. The van der Waals surface area contributed by atoms with Crippen LogP contribution in [0.1, 0.15) is 94.1 Å². The van der Waals surface area contributed by atoms with E-state index in [9.17, 15) is 37.1 Å². The van der Waals surface area contributed by atoms with Gasteiger partial charge < -0.3 is 15.7 Å². The number of aliphatic carboxylic acids is 1. The highest BCUT2D eigenvalue weighted by Crippen LogP contribution is 2.34. The minimum atomic E-state index is -4.76. The summed E-state index contributed by atoms with van der Waals surface area (Å²) < 4.78 is 38.9. The lowest BCUT2D eigenvalue weighted by molar-refractivity contribution is -0.137. The number of benzene rings is 3. The van der Waals surface area contributed by atoms with Gasteiger partial charge in [-0.3, -0.25) is 29.0 Å². The maximum atomic E-state index is 13.7. The quantitative estimate of drug-likeness (QED) is 0.200. The molecule has 0 atom stereocenters. The molecule has 5 rings (SSSR count). The molecule has 0 saturated heterocycles. The van der Waals surface area contributed by atoms with Gasteiger partial charge in [-0.1, -0.05) is 51.0 Å². The molecule has 1 aliphatic heterocycles. The van der Waals surface area contributed by atoms with E-state index in [2.05, 4.69) is 10.6 Å². The summed E-state index contributed by atoms with van der Waals surface area (Å²) in [5.41, 5.74) is 2.40. The van der Waals surface area contributed by atoms with Gasteiger partial charge in [-0.25, -0.2) is 4.79 Å². The van der Waals surface area contributed by atoms with Crippen molar-refractivity contribution in [1.29, 1.82) is 0 Å². The number of imide groups is 1. The van der Waals surface area contributed by atoms with Crippen LogP contribution in [0, 0.1) is 0 Å². The van der Waals surface area contributed by atoms with E-state index >= 15 is 0 Å². The van der Waals surface area contributed by atoms with Crippen LogP contribution in [0.15, 0.2) is 66.7 Å². The molecule has 0 spiro atoms. The first-order chi connectivity index (χ1) is 22.4. The molecule has 0 unspecified atom stereocenters. The van der Waals surface area contributed by atoms with Crippen molar-refractivity contribution < 1.29 is 42.3 Å². The number of fused-ring (bicyclic) bond motifs is 1. The fraction of sp³-hybridized carbons (Fsp3) is 0.343. The Balaban J connectivity index is 0.00000520. The maximum Gasteiger partial charge on any atom is 0.406 e. The number of halogens is 3. The van der Waals surface area contributed by atoms with Crippen molar-refractivity contribution in [2.75, 3.05) is 23.3 Å². The van der Waals surface area contributed by atoms with Gasteiger partial charge in [-0.05, 0) is 72.4 Å². The number of nitrogens with one attached hydrogen (secondary N) is 2. The van der Waals surface area contributed by atoms with Gasteiger partial charge in [-0.2, -0.15) is 13.2 Å². The van der Waals surface area contributed by atoms with Gasteiger partial charge in [0.2, 0.25) is 0 Å². The molecule has 3 aromatic rings. The van der Waals surface area contributed by atoms with Crippen LogP contribution in [-0.2, 0) is 11.3 Å². The maximum absolute atomic E-state index is 13.7. The average Bonchev–Trinajstić information content (AvgIpc) is 3.27. The second-order valence-electron chi connectivity index (χ2n) is 11.6. The number of anilines is 2. The monoisotopic (exact) mass is 666 g/mol. The second-order valence-corrected chi connectivity index (χ2v) is 11.6. The number of carbonyl (C=O) groups is 5. The number of hydrogen-bond acceptors (Lipinski definition) is 5. The van der Waals surface area contributed by atoms with Gasteiger partial charge in [0, 0.05) is 23.5 Å². The SMILES string of the molecule is C.O=C(O)CCNC(=O)c1ccc(CN(C(=O)Nc2ccc3c(c2)C(=O)N(CC(F)(F)F)C3=O)c2ccc(C3CCCCC3)cc2)cc1. The Bertz CT molecular complexity index is 1670. The number of alkyl halides is 3. The van der Waals surface area contributed by atoms with Crippen molar-refractivity contribution in [3.8, 4) is 0 Å². The van der Waals surface area contributed by atoms with Crippen LogP contribution in [0.2, 0.25) is 0 Å². The molecule has 48 heavy (non-hydrogen) atoms. The summed E-state index contributed by atoms with van der Waals surface area (Å²) in [6.07, 6.45) is 0.760. The van der Waals surface area contributed by atoms with E-state index in [1.54, 1.807) is 24.3 Å². The van der Waals surface area contributed by atoms with Crippen molar-refractivity contribution in [2.24, 2.45) is 0 Å². The number of amides is 5. The number of hydrogen-bond donors (Lipinski definition) is 3. The number of carboxylic acid groups (broad SMARTS) is 1. The van der Waals surface area contributed by atoms with E-state index in [1.165, 1.54) is 35.1 Å². The highest BCUT2D eigenvalue weighted by atomic mass is 19.4. The van der Waals surface area contributed by atoms with Crippen LogP contribution >= 0.6 is 0 Å². The third-order valence-corrected chi connectivity index (χ3v) is 8.27. The smallest absolute Gasteiger partial charge is 0.406 e. The van der Waals surface area contributed by atoms with E-state index in [4.69, 9.17) is 5.11 Å². The third-order valence-electron chi connectivity index (χ3n) is 8.27. The van der Waals surface area contributed by atoms with Gasteiger partial charge in [0.1, 0.15) is 6.54 Å². The predicted molar refractivity (Wildman–Crippen MR) is 173 cm³/mol. The predicted octanol–water partition coefficient (Wildman–Crippen LogP) is 6.97. The van der Waals surface area contributed by atoms with Crippen LogP contribution in [0.5, 0.6) is 0 Å². The van der Waals surface area contributed by atoms with Crippen molar-refractivity contribution >= 4 is 41.1 Å². The summed E-state index contributed by atoms with van der Waals surface area (Å²) >= 11 is 0. The van der Waals surface area contributed by atoms with E-state index in [-0.39, 0.29) is 48.7 Å². The van der Waals surface area contributed by atoms with Crippen molar-refractivity contribution in [3.05, 3.63) is 94.5 Å². The molecule has 3 aromatic carbocycles. The average molecular weight is 667 g/mol. The third kappa shape index (κ3) is 8.58. The number of urea groups is 1. The molecule has 2 aliphatic rings. The zero-order chi connectivity index (χ0) is 33.7. The summed E-state index contributed by atoms with van der Waals surface area (Å²) in [4.78, 5) is 63.6. The first kappa shape index (κ1) is 35.7. The summed E-state index contributed by atoms with van der Waals surface area (Å²) in [5, 5.41) is 14.0. The Morgan fingerprint density at radius 2 is 1.52 bits per heavy atom. The molecule has 1 aliphatic carbocycles. The Morgan fingerprint density at radius 3 is 2.15 bits per heavy atom. The van der Waals surface area contributed by atoms with Gasteiger partial charge in [-0.15, -0.1) is 0 Å². The highest BCUT2D eigenvalue weighted by Gasteiger charge is 2.42. The molecule has 1 heterocycles. The van der Waals surface area contributed by atoms with Crippen LogP contribution < -0.4 is 15.5 Å². The molecular formula is C35H37F3N4O6. The molecule has 1 fully saturated rings. The topological polar surface area (TPSA) is 136 Å². The summed E-state index contributed by atoms with van der Waals surface area (Å²) in [6, 6.07) is 17.3. The molecule has 3 N–H and O–H groups in total. The van der Waals surface area contributed by atoms with Gasteiger partial charge >= 0.3 is 18.2 Å². The van der Waals surface area contributed by atoms with Crippen LogP contribution in [-0.4, -0.2) is 59.0 Å². The fourth-order valence-corrected chi connectivity index (χ4v) is 5.85. The molecule has 5 amide bonds. The van der Waals surface area contributed by atoms with Crippen LogP contribution in [0.4, 0.5) is 29.3 Å². The second kappa shape index (κ2) is 15.1. The molecule has 0 radical (unpaired) electrons. The number of nitrogens with zero attached hydrogens (tertiary/aromatic N) is 2. The molecule has 0 bridgehead atoms. The highest BCUT2D eigenvalue weighted by molar-refractivity contribution is 6.22. The first-order valence-corrected chi connectivity index (χ1v) is 15.2. The number of carbonyl (C=O) groups excluding carboxylic acids is 4. The number of carboxylic acids is 1. The van der Waals surface area contributed by atoms with Gasteiger partial charge in [0.25, 0.3) is 17.7 Å². The minimum Gasteiger partial charge on any atom is -0.481 e. The first-order valence-electron chi connectivity index (χ1n) is 15.2. The lowest BCUT2D eigenvalue weighted by atomic mass is 9.84. The van der Waals surface area contributed by atoms with Crippen molar-refractivity contribution in [3.63, 3.8) is 0 Å². The summed E-state index contributed by atoms with van der Waals surface area (Å²) in [7, 11) is 0. The van der Waals surface area contributed by atoms with Crippen LogP contribution in [0.3, 0.4) is 0 Å². The van der Waals surface area contributed by atoms with Crippen molar-refractivity contribution in [2.45, 2.75) is 64.6 Å². The fourth-order valence-electron chi connectivity index (χ4n) is 5.85. The lowest BCUT2D eigenvalue weighted by Gasteiger charge is -2.26. The van der Waals surface area contributed by atoms with E-state index in [0.717, 1.165) is 25.7 Å². The molecule has 254 valence electrons. The Hall–Kier alpha value is -5.20. The van der Waals surface area contributed by atoms with E-state index < -0.39 is 42.4 Å². The summed E-state index contributed by atoms with van der Waals surface area (Å²) in [5.74, 6) is -3.18. The largest absolute Gasteiger partial charge is 0.481 e. The zero-order valence-electron chi connectivity index (χ0n) is 25.3. The summed E-state index contributed by atoms with van der Waals surface area (Å²) in [6.45, 7) is -1.67.